The second kappa shape index (κ2) is 8.03. The van der Waals surface area contributed by atoms with Crippen LogP contribution < -0.4 is 16.4 Å². The lowest BCUT2D eigenvalue weighted by Crippen LogP contribution is -2.25. The molecule has 0 spiro atoms. The fourth-order valence-corrected chi connectivity index (χ4v) is 3.28. The molecule has 0 aliphatic rings. The monoisotopic (exact) mass is 381 g/mol. The molecule has 5 N–H and O–H groups in total. The summed E-state index contributed by atoms with van der Waals surface area (Å²) in [7, 11) is 1.45. The van der Waals surface area contributed by atoms with Gasteiger partial charge < -0.3 is 21.5 Å². The number of carbonyl (C=O) groups is 2. The molecule has 0 saturated heterocycles. The van der Waals surface area contributed by atoms with Gasteiger partial charge in [-0.25, -0.2) is 0 Å². The Bertz CT molecular complexity index is 953. The first-order chi connectivity index (χ1) is 13.0. The number of hydrogen-bond acceptors (Lipinski definition) is 5. The molecule has 0 fully saturated rings. The molecule has 0 aliphatic heterocycles. The molecule has 6 nitrogen and oxygen atoms in total. The Morgan fingerprint density at radius 3 is 2.48 bits per heavy atom. The Morgan fingerprint density at radius 2 is 1.85 bits per heavy atom. The van der Waals surface area contributed by atoms with E-state index in [-0.39, 0.29) is 5.91 Å². The number of carbonyl (C=O) groups excluding carboxylic acids is 2. The van der Waals surface area contributed by atoms with Gasteiger partial charge in [0.2, 0.25) is 0 Å². The van der Waals surface area contributed by atoms with E-state index < -0.39 is 12.0 Å². The second-order valence-electron chi connectivity index (χ2n) is 5.87. The van der Waals surface area contributed by atoms with Gasteiger partial charge in [0.15, 0.2) is 6.10 Å². The van der Waals surface area contributed by atoms with Crippen molar-refractivity contribution < 1.29 is 14.7 Å². The lowest BCUT2D eigenvalue weighted by molar-refractivity contribution is -0.129. The van der Waals surface area contributed by atoms with Crippen LogP contribution in [-0.2, 0) is 4.79 Å². The molecule has 7 heteroatoms. The summed E-state index contributed by atoms with van der Waals surface area (Å²) in [4.78, 5) is 25.1. The molecular weight excluding hydrogens is 362 g/mol. The van der Waals surface area contributed by atoms with E-state index in [1.54, 1.807) is 41.7 Å². The smallest absolute Gasteiger partial charge is 0.255 e. The number of amides is 2. The van der Waals surface area contributed by atoms with Crippen molar-refractivity contribution in [3.05, 3.63) is 71.1 Å². The molecule has 1 heterocycles. The maximum absolute atomic E-state index is 12.5. The Balaban J connectivity index is 1.77. The minimum absolute atomic E-state index is 0.328. The third kappa shape index (κ3) is 4.16. The highest BCUT2D eigenvalue weighted by Gasteiger charge is 2.16. The van der Waals surface area contributed by atoms with Crippen molar-refractivity contribution >= 4 is 34.5 Å². The third-order valence-corrected chi connectivity index (χ3v) is 5.01. The number of nitrogen functional groups attached to an aromatic ring is 1. The Hall–Kier alpha value is -3.16. The quantitative estimate of drug-likeness (QED) is 0.510. The zero-order valence-electron chi connectivity index (χ0n) is 14.6. The molecule has 138 valence electrons. The van der Waals surface area contributed by atoms with Gasteiger partial charge in [0.05, 0.1) is 11.4 Å². The average Bonchev–Trinajstić information content (AvgIpc) is 3.23. The summed E-state index contributed by atoms with van der Waals surface area (Å²) in [5.41, 5.74) is 8.76. The van der Waals surface area contributed by atoms with E-state index in [1.807, 2.05) is 29.6 Å². The molecule has 3 rings (SSSR count). The number of benzene rings is 2. The Morgan fingerprint density at radius 1 is 1.11 bits per heavy atom. The summed E-state index contributed by atoms with van der Waals surface area (Å²) >= 11 is 1.60. The van der Waals surface area contributed by atoms with E-state index in [2.05, 4.69) is 10.6 Å². The summed E-state index contributed by atoms with van der Waals surface area (Å²) in [6.45, 7) is 0. The van der Waals surface area contributed by atoms with E-state index >= 15 is 0 Å². The molecular formula is C20H19N3O3S. The van der Waals surface area contributed by atoms with Crippen LogP contribution in [0.5, 0.6) is 0 Å². The van der Waals surface area contributed by atoms with Gasteiger partial charge in [0.25, 0.3) is 11.8 Å². The van der Waals surface area contributed by atoms with Gasteiger partial charge in [-0.3, -0.25) is 9.59 Å². The number of likely N-dealkylation sites (N-methyl/N-ethyl adjacent to an activating group) is 1. The topological polar surface area (TPSA) is 104 Å². The fourth-order valence-electron chi connectivity index (χ4n) is 2.56. The summed E-state index contributed by atoms with van der Waals surface area (Å²) in [6.07, 6.45) is -1.27. The predicted octanol–water partition coefficient (Wildman–Crippen LogP) is 3.03. The standard InChI is InChI=1S/C20H19N3O3S/c1-22-20(26)18(24)12-4-6-13(7-5-12)19(25)23-16-11-14(8-9-15(16)21)17-3-2-10-27-17/h2-11,18,24H,21H2,1H3,(H,22,26)(H,23,25)/t18-/m1/s1. The molecule has 2 aromatic carbocycles. The Kier molecular flexibility index (Phi) is 5.54. The van der Waals surface area contributed by atoms with Gasteiger partial charge in [0.1, 0.15) is 0 Å². The molecule has 0 saturated carbocycles. The van der Waals surface area contributed by atoms with Crippen LogP contribution in [-0.4, -0.2) is 24.0 Å². The minimum Gasteiger partial charge on any atom is -0.397 e. The van der Waals surface area contributed by atoms with Crippen LogP contribution >= 0.6 is 11.3 Å². The van der Waals surface area contributed by atoms with Gasteiger partial charge in [-0.05, 0) is 46.8 Å². The Labute approximate surface area is 160 Å². The van der Waals surface area contributed by atoms with Crippen molar-refractivity contribution in [1.82, 2.24) is 5.32 Å². The van der Waals surface area contributed by atoms with Crippen LogP contribution in [0.4, 0.5) is 11.4 Å². The number of nitrogens with one attached hydrogen (secondary N) is 2. The lowest BCUT2D eigenvalue weighted by atomic mass is 10.1. The van der Waals surface area contributed by atoms with Crippen molar-refractivity contribution in [2.45, 2.75) is 6.10 Å². The van der Waals surface area contributed by atoms with Gasteiger partial charge >= 0.3 is 0 Å². The first-order valence-electron chi connectivity index (χ1n) is 8.24. The number of rotatable bonds is 5. The number of aliphatic hydroxyl groups is 1. The first kappa shape index (κ1) is 18.6. The molecule has 3 aromatic rings. The van der Waals surface area contributed by atoms with E-state index in [0.29, 0.717) is 22.5 Å². The molecule has 2 amide bonds. The van der Waals surface area contributed by atoms with Crippen LogP contribution in [0, 0.1) is 0 Å². The number of nitrogens with two attached hydrogens (primary N) is 1. The highest BCUT2D eigenvalue weighted by molar-refractivity contribution is 7.13. The van der Waals surface area contributed by atoms with Crippen LogP contribution in [0.1, 0.15) is 22.0 Å². The maximum atomic E-state index is 12.5. The number of aliphatic hydroxyl groups excluding tert-OH is 1. The van der Waals surface area contributed by atoms with Gasteiger partial charge in [-0.1, -0.05) is 24.3 Å². The SMILES string of the molecule is CNC(=O)[C@H](O)c1ccc(C(=O)Nc2cc(-c3cccs3)ccc2N)cc1. The number of thiophene rings is 1. The summed E-state index contributed by atoms with van der Waals surface area (Å²) in [5, 5.41) is 17.1. The van der Waals surface area contributed by atoms with Crippen molar-refractivity contribution in [1.29, 1.82) is 0 Å². The second-order valence-corrected chi connectivity index (χ2v) is 6.82. The van der Waals surface area contributed by atoms with Crippen LogP contribution in [0.25, 0.3) is 10.4 Å². The molecule has 1 aromatic heterocycles. The van der Waals surface area contributed by atoms with Crippen molar-refractivity contribution in [3.63, 3.8) is 0 Å². The summed E-state index contributed by atoms with van der Waals surface area (Å²) < 4.78 is 0. The molecule has 0 radical (unpaired) electrons. The maximum Gasteiger partial charge on any atom is 0.255 e. The van der Waals surface area contributed by atoms with Gasteiger partial charge in [-0.2, -0.15) is 0 Å². The summed E-state index contributed by atoms with van der Waals surface area (Å²) in [6, 6.07) is 15.6. The minimum atomic E-state index is -1.27. The van der Waals surface area contributed by atoms with Crippen molar-refractivity contribution in [3.8, 4) is 10.4 Å². The van der Waals surface area contributed by atoms with E-state index in [1.165, 1.54) is 7.05 Å². The molecule has 0 bridgehead atoms. The molecule has 1 atom stereocenters. The predicted molar refractivity (Wildman–Crippen MR) is 108 cm³/mol. The first-order valence-corrected chi connectivity index (χ1v) is 9.12. The number of anilines is 2. The van der Waals surface area contributed by atoms with E-state index in [4.69, 9.17) is 5.73 Å². The largest absolute Gasteiger partial charge is 0.397 e. The average molecular weight is 381 g/mol. The highest BCUT2D eigenvalue weighted by atomic mass is 32.1. The molecule has 0 unspecified atom stereocenters. The number of hydrogen-bond donors (Lipinski definition) is 4. The summed E-state index contributed by atoms with van der Waals surface area (Å²) in [5.74, 6) is -0.837. The van der Waals surface area contributed by atoms with Crippen molar-refractivity contribution in [2.24, 2.45) is 0 Å². The van der Waals surface area contributed by atoms with Gasteiger partial charge in [0, 0.05) is 17.5 Å². The van der Waals surface area contributed by atoms with Crippen LogP contribution in [0.2, 0.25) is 0 Å². The van der Waals surface area contributed by atoms with Gasteiger partial charge in [-0.15, -0.1) is 11.3 Å². The lowest BCUT2D eigenvalue weighted by Gasteiger charge is -2.12. The van der Waals surface area contributed by atoms with Crippen LogP contribution in [0.3, 0.4) is 0 Å². The molecule has 27 heavy (non-hydrogen) atoms. The molecule has 0 aliphatic carbocycles. The normalized spacial score (nSPS) is 11.6. The zero-order chi connectivity index (χ0) is 19.4. The van der Waals surface area contributed by atoms with Crippen molar-refractivity contribution in [2.75, 3.05) is 18.1 Å². The van der Waals surface area contributed by atoms with E-state index in [9.17, 15) is 14.7 Å². The van der Waals surface area contributed by atoms with E-state index in [0.717, 1.165) is 10.4 Å². The zero-order valence-corrected chi connectivity index (χ0v) is 15.4. The van der Waals surface area contributed by atoms with Crippen LogP contribution in [0.15, 0.2) is 60.0 Å². The fraction of sp³-hybridized carbons (Fsp3) is 0.100. The highest BCUT2D eigenvalue weighted by Crippen LogP contribution is 2.30. The third-order valence-electron chi connectivity index (χ3n) is 4.09.